The van der Waals surface area contributed by atoms with Crippen LogP contribution >= 0.6 is 0 Å². The van der Waals surface area contributed by atoms with Gasteiger partial charge in [0.05, 0.1) is 20.1 Å². The molecule has 0 saturated heterocycles. The van der Waals surface area contributed by atoms with Gasteiger partial charge >= 0.3 is 0 Å². The summed E-state index contributed by atoms with van der Waals surface area (Å²) >= 11 is 0. The van der Waals surface area contributed by atoms with Crippen molar-refractivity contribution in [3.8, 4) is 0 Å². The minimum atomic E-state index is -1.01. The fraction of sp³-hybridized carbons (Fsp3) is 0.471. The minimum Gasteiger partial charge on any atom is -0.544 e. The van der Waals surface area contributed by atoms with E-state index in [1.165, 1.54) is 0 Å². The van der Waals surface area contributed by atoms with Crippen LogP contribution in [0.2, 0.25) is 0 Å². The summed E-state index contributed by atoms with van der Waals surface area (Å²) < 4.78 is 0.357. The molecule has 2 unspecified atom stereocenters. The highest BCUT2D eigenvalue weighted by molar-refractivity contribution is 5.75. The molecule has 1 rings (SSSR count). The van der Waals surface area contributed by atoms with Gasteiger partial charge in [0.1, 0.15) is 11.5 Å². The molecule has 0 N–H and O–H groups in total. The van der Waals surface area contributed by atoms with Gasteiger partial charge in [0.25, 0.3) is 0 Å². The summed E-state index contributed by atoms with van der Waals surface area (Å²) in [5.41, 5.74) is 0.0280. The molecule has 0 saturated carbocycles. The molecule has 20 heavy (non-hydrogen) atoms. The topological polar surface area (TPSA) is 40.1 Å². The predicted octanol–water partition coefficient (Wildman–Crippen LogP) is 1.78. The second-order valence-corrected chi connectivity index (χ2v) is 6.14. The van der Waals surface area contributed by atoms with Gasteiger partial charge in [-0.25, -0.2) is 0 Å². The highest BCUT2D eigenvalue weighted by atomic mass is 16.4. The van der Waals surface area contributed by atoms with Crippen molar-refractivity contribution in [1.82, 2.24) is 0 Å². The van der Waals surface area contributed by atoms with Gasteiger partial charge in [0, 0.05) is 12.8 Å². The molecule has 2 atom stereocenters. The molecule has 110 valence electrons. The van der Waals surface area contributed by atoms with Gasteiger partial charge in [-0.1, -0.05) is 36.4 Å². The van der Waals surface area contributed by atoms with Gasteiger partial charge in [0.2, 0.25) is 0 Å². The van der Waals surface area contributed by atoms with Gasteiger partial charge in [-0.05, 0) is 19.4 Å². The van der Waals surface area contributed by atoms with Crippen molar-refractivity contribution < 1.29 is 14.4 Å². The number of hydrogen-bond donors (Lipinski definition) is 0. The first-order valence-corrected chi connectivity index (χ1v) is 6.95. The van der Waals surface area contributed by atoms with Crippen molar-refractivity contribution in [2.75, 3.05) is 14.1 Å². The Kier molecular flexibility index (Phi) is 5.12. The Hall–Kier alpha value is -1.61. The highest BCUT2D eigenvalue weighted by Gasteiger charge is 2.45. The van der Waals surface area contributed by atoms with Crippen LogP contribution in [0.1, 0.15) is 25.8 Å². The third kappa shape index (κ3) is 3.10. The fourth-order valence-corrected chi connectivity index (χ4v) is 2.50. The summed E-state index contributed by atoms with van der Waals surface area (Å²) in [6.07, 6.45) is 3.05. The lowest BCUT2D eigenvalue weighted by molar-refractivity contribution is -0.953. The molecule has 1 aromatic carbocycles. The van der Waals surface area contributed by atoms with E-state index < -0.39 is 11.5 Å². The van der Waals surface area contributed by atoms with Gasteiger partial charge in [-0.15, -0.1) is 6.58 Å². The number of hydrogen-bond acceptors (Lipinski definition) is 2. The lowest BCUT2D eigenvalue weighted by Gasteiger charge is -2.51. The highest BCUT2D eigenvalue weighted by Crippen LogP contribution is 2.29. The van der Waals surface area contributed by atoms with E-state index in [9.17, 15) is 9.90 Å². The second-order valence-electron chi connectivity index (χ2n) is 6.14. The molecule has 0 aliphatic rings. The number of nitrogens with zero attached hydrogens (tertiary/aromatic N) is 1. The Bertz CT molecular complexity index is 467. The lowest BCUT2D eigenvalue weighted by Crippen LogP contribution is -2.70. The van der Waals surface area contributed by atoms with Crippen LogP contribution in [0.4, 0.5) is 0 Å². The van der Waals surface area contributed by atoms with Crippen LogP contribution < -0.4 is 5.11 Å². The Balaban J connectivity index is 3.14. The maximum Gasteiger partial charge on any atom is 0.140 e. The minimum absolute atomic E-state index is 0.152. The molecule has 0 amide bonds. The molecule has 3 heteroatoms. The smallest absolute Gasteiger partial charge is 0.140 e. The van der Waals surface area contributed by atoms with E-state index in [1.54, 1.807) is 6.92 Å². The van der Waals surface area contributed by atoms with Crippen LogP contribution in [-0.2, 0) is 11.2 Å². The first-order valence-electron chi connectivity index (χ1n) is 6.95. The van der Waals surface area contributed by atoms with Crippen molar-refractivity contribution in [2.45, 2.75) is 38.3 Å². The van der Waals surface area contributed by atoms with Crippen LogP contribution in [0.5, 0.6) is 0 Å². The van der Waals surface area contributed by atoms with Gasteiger partial charge < -0.3 is 14.4 Å². The summed E-state index contributed by atoms with van der Waals surface area (Å²) in [6.45, 7) is 7.57. The quantitative estimate of drug-likeness (QED) is 0.562. The normalized spacial score (nSPS) is 16.2. The van der Waals surface area contributed by atoms with Gasteiger partial charge in [0.15, 0.2) is 0 Å². The van der Waals surface area contributed by atoms with E-state index >= 15 is 0 Å². The van der Waals surface area contributed by atoms with Crippen molar-refractivity contribution in [1.29, 1.82) is 0 Å². The zero-order valence-corrected chi connectivity index (χ0v) is 12.9. The average Bonchev–Trinajstić information content (AvgIpc) is 2.39. The Morgan fingerprint density at radius 2 is 1.95 bits per heavy atom. The summed E-state index contributed by atoms with van der Waals surface area (Å²) in [7, 11) is 3.90. The van der Waals surface area contributed by atoms with Crippen molar-refractivity contribution in [2.24, 2.45) is 0 Å². The van der Waals surface area contributed by atoms with E-state index in [1.807, 2.05) is 57.4 Å². The second kappa shape index (κ2) is 6.23. The summed E-state index contributed by atoms with van der Waals surface area (Å²) in [5, 5.41) is 11.8. The molecule has 0 radical (unpaired) electrons. The third-order valence-electron chi connectivity index (χ3n) is 4.71. The Morgan fingerprint density at radius 1 is 1.40 bits per heavy atom. The standard InChI is InChI=1S/C17H25NO2/c1-6-10-14(2)18(4,5)17(3,16(19)20)13-15-11-8-7-9-12-15/h6-9,11-12,14H,1,10,13H2,2-5H3. The van der Waals surface area contributed by atoms with Crippen LogP contribution in [0.25, 0.3) is 0 Å². The number of carboxylic acids is 1. The maximum atomic E-state index is 11.8. The molecule has 0 aliphatic carbocycles. The summed E-state index contributed by atoms with van der Waals surface area (Å²) in [4.78, 5) is 11.8. The number of benzene rings is 1. The van der Waals surface area contributed by atoms with Gasteiger partial charge in [-0.2, -0.15) is 0 Å². The predicted molar refractivity (Wildman–Crippen MR) is 79.9 cm³/mol. The lowest BCUT2D eigenvalue weighted by atomic mass is 9.87. The van der Waals surface area contributed by atoms with Crippen LogP contribution in [0.15, 0.2) is 43.0 Å². The number of carbonyl (C=O) groups excluding carboxylic acids is 1. The summed E-state index contributed by atoms with van der Waals surface area (Å²) in [6, 6.07) is 9.86. The monoisotopic (exact) mass is 275 g/mol. The van der Waals surface area contributed by atoms with E-state index in [0.717, 1.165) is 12.0 Å². The molecule has 0 fully saturated rings. The number of quaternary nitrogens is 1. The van der Waals surface area contributed by atoms with Crippen molar-refractivity contribution >= 4 is 5.97 Å². The number of carboxylic acid groups (broad SMARTS) is 1. The van der Waals surface area contributed by atoms with Gasteiger partial charge in [-0.3, -0.25) is 0 Å². The molecule has 0 aliphatic heterocycles. The molecular formula is C17H25NO2. The van der Waals surface area contributed by atoms with Crippen molar-refractivity contribution in [3.05, 3.63) is 48.6 Å². The van der Waals surface area contributed by atoms with Crippen LogP contribution in [0.3, 0.4) is 0 Å². The van der Waals surface area contributed by atoms with E-state index in [2.05, 4.69) is 6.58 Å². The largest absolute Gasteiger partial charge is 0.544 e. The molecule has 0 heterocycles. The van der Waals surface area contributed by atoms with E-state index in [0.29, 0.717) is 10.9 Å². The summed E-state index contributed by atoms with van der Waals surface area (Å²) in [5.74, 6) is -1.01. The SMILES string of the molecule is C=CCC(C)[N+](C)(C)C(C)(Cc1ccccc1)C(=O)[O-]. The zero-order valence-electron chi connectivity index (χ0n) is 12.9. The molecule has 1 aromatic rings. The molecule has 0 aromatic heterocycles. The molecular weight excluding hydrogens is 250 g/mol. The molecule has 0 bridgehead atoms. The number of aliphatic carboxylic acids is 1. The Labute approximate surface area is 122 Å². The third-order valence-corrected chi connectivity index (χ3v) is 4.71. The van der Waals surface area contributed by atoms with Crippen molar-refractivity contribution in [3.63, 3.8) is 0 Å². The number of likely N-dealkylation sites (N-methyl/N-ethyl adjacent to an activating group) is 1. The molecule has 3 nitrogen and oxygen atoms in total. The maximum absolute atomic E-state index is 11.8. The number of rotatable bonds is 7. The first-order chi connectivity index (χ1) is 9.25. The van der Waals surface area contributed by atoms with Crippen LogP contribution in [-0.4, -0.2) is 36.1 Å². The van der Waals surface area contributed by atoms with E-state index in [4.69, 9.17) is 0 Å². The Morgan fingerprint density at radius 3 is 2.40 bits per heavy atom. The fourth-order valence-electron chi connectivity index (χ4n) is 2.50. The molecule has 0 spiro atoms. The van der Waals surface area contributed by atoms with E-state index in [-0.39, 0.29) is 6.04 Å². The number of carbonyl (C=O) groups is 1. The van der Waals surface area contributed by atoms with Crippen LogP contribution in [0, 0.1) is 0 Å². The average molecular weight is 275 g/mol. The first kappa shape index (κ1) is 16.4. The zero-order chi connectivity index (χ0) is 15.4.